The zero-order valence-electron chi connectivity index (χ0n) is 16.1. The molecule has 2 N–H and O–H groups in total. The van der Waals surface area contributed by atoms with Gasteiger partial charge in [-0.1, -0.05) is 41.7 Å². The van der Waals surface area contributed by atoms with E-state index in [1.807, 2.05) is 18.2 Å². The van der Waals surface area contributed by atoms with Crippen LogP contribution in [-0.4, -0.2) is 42.1 Å². The third kappa shape index (κ3) is 5.09. The Kier molecular flexibility index (Phi) is 6.69. The Morgan fingerprint density at radius 1 is 1.29 bits per heavy atom. The topological polar surface area (TPSA) is 91.4 Å². The van der Waals surface area contributed by atoms with Crippen LogP contribution in [0, 0.1) is 0 Å². The summed E-state index contributed by atoms with van der Waals surface area (Å²) in [7, 11) is -3.28. The second-order valence-electron chi connectivity index (χ2n) is 7.04. The number of anilines is 1. The van der Waals surface area contributed by atoms with E-state index in [1.165, 1.54) is 21.2 Å². The summed E-state index contributed by atoms with van der Waals surface area (Å²) in [5, 5.41) is 5.67. The standard InChI is InChI=1S/C19H26N4O3S2/c1-14(2)28(25,26)23-12-10-16-17(13-23)27-19(21-16)22-18(24)20-11-6-9-15-7-4-3-5-8-15/h3-5,7-8,14H,6,9-13H2,1-2H3,(H2,20,21,22,24). The number of carbonyl (C=O) groups excluding carboxylic acids is 1. The maximum atomic E-state index is 12.4. The minimum absolute atomic E-state index is 0.286. The Hall–Kier alpha value is -1.97. The molecule has 2 heterocycles. The van der Waals surface area contributed by atoms with Gasteiger partial charge in [-0.15, -0.1) is 0 Å². The monoisotopic (exact) mass is 422 g/mol. The van der Waals surface area contributed by atoms with Crippen molar-refractivity contribution in [2.24, 2.45) is 0 Å². The predicted molar refractivity (Wildman–Crippen MR) is 112 cm³/mol. The van der Waals surface area contributed by atoms with E-state index in [4.69, 9.17) is 0 Å². The van der Waals surface area contributed by atoms with Crippen molar-refractivity contribution in [3.05, 3.63) is 46.5 Å². The molecule has 1 aliphatic heterocycles. The normalized spacial score (nSPS) is 14.7. The van der Waals surface area contributed by atoms with E-state index in [-0.39, 0.29) is 6.03 Å². The number of hydrogen-bond acceptors (Lipinski definition) is 5. The van der Waals surface area contributed by atoms with E-state index in [2.05, 4.69) is 27.8 Å². The highest BCUT2D eigenvalue weighted by atomic mass is 32.2. The van der Waals surface area contributed by atoms with Crippen LogP contribution in [0.5, 0.6) is 0 Å². The van der Waals surface area contributed by atoms with Gasteiger partial charge in [-0.3, -0.25) is 5.32 Å². The number of rotatable bonds is 7. The van der Waals surface area contributed by atoms with Crippen LogP contribution in [0.15, 0.2) is 30.3 Å². The van der Waals surface area contributed by atoms with Crippen LogP contribution in [0.25, 0.3) is 0 Å². The van der Waals surface area contributed by atoms with Crippen LogP contribution in [0.2, 0.25) is 0 Å². The lowest BCUT2D eigenvalue weighted by atomic mass is 10.1. The smallest absolute Gasteiger partial charge is 0.321 e. The fourth-order valence-corrected chi connectivity index (χ4v) is 5.37. The number of fused-ring (bicyclic) bond motifs is 1. The van der Waals surface area contributed by atoms with Crippen molar-refractivity contribution in [2.75, 3.05) is 18.4 Å². The number of nitrogens with zero attached hydrogens (tertiary/aromatic N) is 2. The average molecular weight is 423 g/mol. The molecule has 2 amide bonds. The number of aryl methyl sites for hydroxylation is 1. The highest BCUT2D eigenvalue weighted by molar-refractivity contribution is 7.89. The van der Waals surface area contributed by atoms with Crippen LogP contribution in [-0.2, 0) is 29.4 Å². The molecule has 3 rings (SSSR count). The van der Waals surface area contributed by atoms with Gasteiger partial charge in [-0.25, -0.2) is 18.2 Å². The molecule has 0 fully saturated rings. The molecular formula is C19H26N4O3S2. The first-order valence-electron chi connectivity index (χ1n) is 9.42. The molecule has 1 aromatic carbocycles. The summed E-state index contributed by atoms with van der Waals surface area (Å²) in [5.74, 6) is 0. The van der Waals surface area contributed by atoms with Gasteiger partial charge in [-0.05, 0) is 32.3 Å². The summed E-state index contributed by atoms with van der Waals surface area (Å²) < 4.78 is 26.2. The molecule has 7 nitrogen and oxygen atoms in total. The second-order valence-corrected chi connectivity index (χ2v) is 10.6. The summed E-state index contributed by atoms with van der Waals surface area (Å²) >= 11 is 1.34. The fraction of sp³-hybridized carbons (Fsp3) is 0.474. The molecule has 0 radical (unpaired) electrons. The Morgan fingerprint density at radius 3 is 2.75 bits per heavy atom. The largest absolute Gasteiger partial charge is 0.338 e. The van der Waals surface area contributed by atoms with Gasteiger partial charge < -0.3 is 5.32 Å². The second kappa shape index (κ2) is 9.02. The molecule has 1 aromatic heterocycles. The summed E-state index contributed by atoms with van der Waals surface area (Å²) in [6, 6.07) is 9.86. The van der Waals surface area contributed by atoms with Gasteiger partial charge in [0.15, 0.2) is 5.13 Å². The van der Waals surface area contributed by atoms with Crippen LogP contribution < -0.4 is 10.6 Å². The number of thiazole rings is 1. The molecule has 0 unspecified atom stereocenters. The van der Waals surface area contributed by atoms with Crippen LogP contribution >= 0.6 is 11.3 Å². The minimum Gasteiger partial charge on any atom is -0.338 e. The molecule has 28 heavy (non-hydrogen) atoms. The number of nitrogens with one attached hydrogen (secondary N) is 2. The molecule has 0 aliphatic carbocycles. The Morgan fingerprint density at radius 2 is 2.04 bits per heavy atom. The van der Waals surface area contributed by atoms with Gasteiger partial charge in [0.2, 0.25) is 10.0 Å². The summed E-state index contributed by atoms with van der Waals surface area (Å²) in [4.78, 5) is 17.4. The van der Waals surface area contributed by atoms with Crippen molar-refractivity contribution in [3.8, 4) is 0 Å². The minimum atomic E-state index is -3.28. The molecule has 0 bridgehead atoms. The lowest BCUT2D eigenvalue weighted by molar-refractivity contribution is 0.252. The van der Waals surface area contributed by atoms with Crippen molar-refractivity contribution in [1.82, 2.24) is 14.6 Å². The number of carbonyl (C=O) groups is 1. The average Bonchev–Trinajstić information content (AvgIpc) is 3.07. The van der Waals surface area contributed by atoms with Crippen molar-refractivity contribution >= 4 is 32.5 Å². The van der Waals surface area contributed by atoms with E-state index in [1.54, 1.807) is 13.8 Å². The van der Waals surface area contributed by atoms with Crippen LogP contribution in [0.4, 0.5) is 9.93 Å². The van der Waals surface area contributed by atoms with E-state index >= 15 is 0 Å². The van der Waals surface area contributed by atoms with Gasteiger partial charge in [0.1, 0.15) is 0 Å². The van der Waals surface area contributed by atoms with Gasteiger partial charge >= 0.3 is 6.03 Å². The van der Waals surface area contributed by atoms with Crippen molar-refractivity contribution in [3.63, 3.8) is 0 Å². The van der Waals surface area contributed by atoms with Crippen LogP contribution in [0.1, 0.15) is 36.4 Å². The van der Waals surface area contributed by atoms with Gasteiger partial charge in [0, 0.05) is 30.9 Å². The zero-order valence-corrected chi connectivity index (χ0v) is 17.8. The highest BCUT2D eigenvalue weighted by Gasteiger charge is 2.31. The van der Waals surface area contributed by atoms with Crippen molar-refractivity contribution in [1.29, 1.82) is 0 Å². The first-order chi connectivity index (χ1) is 13.4. The van der Waals surface area contributed by atoms with E-state index in [0.717, 1.165) is 23.4 Å². The molecule has 2 aromatic rings. The van der Waals surface area contributed by atoms with Gasteiger partial charge in [0.05, 0.1) is 10.9 Å². The number of hydrogen-bond donors (Lipinski definition) is 2. The molecule has 152 valence electrons. The summed E-state index contributed by atoms with van der Waals surface area (Å²) in [6.07, 6.45) is 2.33. The lowest BCUT2D eigenvalue weighted by Crippen LogP contribution is -2.39. The molecular weight excluding hydrogens is 396 g/mol. The third-order valence-corrected chi connectivity index (χ3v) is 7.86. The predicted octanol–water partition coefficient (Wildman–Crippen LogP) is 2.99. The maximum Gasteiger partial charge on any atom is 0.321 e. The molecule has 0 saturated heterocycles. The first-order valence-corrected chi connectivity index (χ1v) is 11.7. The third-order valence-electron chi connectivity index (χ3n) is 4.64. The summed E-state index contributed by atoms with van der Waals surface area (Å²) in [6.45, 7) is 4.71. The zero-order chi connectivity index (χ0) is 20.1. The van der Waals surface area contributed by atoms with E-state index < -0.39 is 15.3 Å². The lowest BCUT2D eigenvalue weighted by Gasteiger charge is -2.26. The van der Waals surface area contributed by atoms with E-state index in [0.29, 0.717) is 31.2 Å². The molecule has 9 heteroatoms. The quantitative estimate of drug-likeness (QED) is 0.671. The highest BCUT2D eigenvalue weighted by Crippen LogP contribution is 2.30. The Balaban J connectivity index is 1.48. The number of benzene rings is 1. The van der Waals surface area contributed by atoms with Gasteiger partial charge in [0.25, 0.3) is 0 Å². The number of sulfonamides is 1. The SMILES string of the molecule is CC(C)S(=O)(=O)N1CCc2nc(NC(=O)NCCCc3ccccc3)sc2C1. The van der Waals surface area contributed by atoms with Gasteiger partial charge in [-0.2, -0.15) is 4.31 Å². The Labute approximate surface area is 170 Å². The molecule has 0 spiro atoms. The summed E-state index contributed by atoms with van der Waals surface area (Å²) in [5.41, 5.74) is 2.12. The maximum absolute atomic E-state index is 12.4. The molecule has 0 saturated carbocycles. The molecule has 0 atom stereocenters. The Bertz CT molecular complexity index is 911. The van der Waals surface area contributed by atoms with E-state index in [9.17, 15) is 13.2 Å². The number of amides is 2. The van der Waals surface area contributed by atoms with Crippen molar-refractivity contribution in [2.45, 2.75) is 44.9 Å². The number of aromatic nitrogens is 1. The molecule has 1 aliphatic rings. The first kappa shape index (κ1) is 20.8. The van der Waals surface area contributed by atoms with Crippen LogP contribution in [0.3, 0.4) is 0 Å². The van der Waals surface area contributed by atoms with Crippen molar-refractivity contribution < 1.29 is 13.2 Å². The fourth-order valence-electron chi connectivity index (χ4n) is 3.02. The number of urea groups is 1.